The summed E-state index contributed by atoms with van der Waals surface area (Å²) in [5.74, 6) is 0.791. The van der Waals surface area contributed by atoms with Crippen LogP contribution in [0.15, 0.2) is 34.4 Å². The Labute approximate surface area is 204 Å². The molecule has 0 saturated carbocycles. The third kappa shape index (κ3) is 5.03. The molecule has 0 radical (unpaired) electrons. The number of likely N-dealkylation sites (tertiary alicyclic amines) is 1. The maximum absolute atomic E-state index is 12.8. The fraction of sp³-hybridized carbons (Fsp3) is 0.500. The van der Waals surface area contributed by atoms with E-state index in [2.05, 4.69) is 45.2 Å². The first-order valence-electron chi connectivity index (χ1n) is 12.4. The first-order valence-corrected chi connectivity index (χ1v) is 13.3. The van der Waals surface area contributed by atoms with Crippen LogP contribution < -0.4 is 15.8 Å². The molecular formula is C26H33N5O2S. The predicted octanol–water partition coefficient (Wildman–Crippen LogP) is 3.78. The van der Waals surface area contributed by atoms with Crippen molar-refractivity contribution in [3.05, 3.63) is 45.6 Å². The highest BCUT2D eigenvalue weighted by molar-refractivity contribution is 7.17. The molecular weight excluding hydrogens is 446 g/mol. The van der Waals surface area contributed by atoms with Crippen LogP contribution in [0.2, 0.25) is 0 Å². The second-order valence-electron chi connectivity index (χ2n) is 9.54. The zero-order valence-corrected chi connectivity index (χ0v) is 20.6. The van der Waals surface area contributed by atoms with E-state index in [1.54, 1.807) is 0 Å². The molecule has 3 aromatic rings. The summed E-state index contributed by atoms with van der Waals surface area (Å²) in [5, 5.41) is 5.16. The van der Waals surface area contributed by atoms with Crippen LogP contribution in [0.4, 0.5) is 5.95 Å². The fourth-order valence-electron chi connectivity index (χ4n) is 5.10. The number of benzene rings is 1. The van der Waals surface area contributed by atoms with Gasteiger partial charge in [0, 0.05) is 43.0 Å². The van der Waals surface area contributed by atoms with Crippen molar-refractivity contribution in [1.82, 2.24) is 20.2 Å². The van der Waals surface area contributed by atoms with E-state index in [0.29, 0.717) is 23.7 Å². The number of carbonyl (C=O) groups excluding carboxylic acids is 1. The molecule has 2 N–H and O–H groups in total. The van der Waals surface area contributed by atoms with Crippen molar-refractivity contribution in [2.45, 2.75) is 39.0 Å². The van der Waals surface area contributed by atoms with Gasteiger partial charge in [0.05, 0.1) is 5.52 Å². The average Bonchev–Trinajstić information content (AvgIpc) is 3.29. The SMILES string of the molecule is Cc1cccc(-c2csc3c(=O)[nH]c(N4CCC(C(=O)NCCN5CCCCC5)CC4)nc23)c1. The Morgan fingerprint density at radius 1 is 1.18 bits per heavy atom. The molecule has 5 rings (SSSR count). The van der Waals surface area contributed by atoms with Crippen LogP contribution >= 0.6 is 11.3 Å². The summed E-state index contributed by atoms with van der Waals surface area (Å²) in [6.07, 6.45) is 5.41. The lowest BCUT2D eigenvalue weighted by molar-refractivity contribution is -0.125. The molecule has 2 saturated heterocycles. The lowest BCUT2D eigenvalue weighted by Crippen LogP contribution is -2.43. The molecule has 2 aliphatic rings. The van der Waals surface area contributed by atoms with Crippen molar-refractivity contribution in [3.8, 4) is 11.1 Å². The Kier molecular flexibility index (Phi) is 6.97. The van der Waals surface area contributed by atoms with Crippen LogP contribution in [0.5, 0.6) is 0 Å². The van der Waals surface area contributed by atoms with E-state index in [0.717, 1.165) is 55.7 Å². The molecule has 2 fully saturated rings. The minimum absolute atomic E-state index is 0.0251. The molecule has 0 aliphatic carbocycles. The number of aromatic amines is 1. The predicted molar refractivity (Wildman–Crippen MR) is 139 cm³/mol. The number of thiophene rings is 1. The normalized spacial score (nSPS) is 17.9. The second kappa shape index (κ2) is 10.3. The van der Waals surface area contributed by atoms with E-state index >= 15 is 0 Å². The van der Waals surface area contributed by atoms with Crippen LogP contribution in [-0.4, -0.2) is 60.0 Å². The number of nitrogens with zero attached hydrogens (tertiary/aromatic N) is 3. The number of rotatable bonds is 6. The van der Waals surface area contributed by atoms with Crippen molar-refractivity contribution in [3.63, 3.8) is 0 Å². The molecule has 8 heteroatoms. The largest absolute Gasteiger partial charge is 0.355 e. The number of amides is 1. The molecule has 1 amide bonds. The summed E-state index contributed by atoms with van der Waals surface area (Å²) in [4.78, 5) is 37.9. The Hall–Kier alpha value is -2.71. The third-order valence-electron chi connectivity index (χ3n) is 7.08. The molecule has 0 bridgehead atoms. The van der Waals surface area contributed by atoms with Crippen LogP contribution in [0, 0.1) is 12.8 Å². The number of nitrogens with one attached hydrogen (secondary N) is 2. The minimum Gasteiger partial charge on any atom is -0.355 e. The zero-order chi connectivity index (χ0) is 23.5. The number of hydrogen-bond acceptors (Lipinski definition) is 6. The Morgan fingerprint density at radius 2 is 1.97 bits per heavy atom. The molecule has 1 aromatic carbocycles. The Morgan fingerprint density at radius 3 is 2.74 bits per heavy atom. The lowest BCUT2D eigenvalue weighted by atomic mass is 9.96. The zero-order valence-electron chi connectivity index (χ0n) is 19.8. The second-order valence-corrected chi connectivity index (χ2v) is 10.4. The van der Waals surface area contributed by atoms with Gasteiger partial charge in [-0.1, -0.05) is 36.2 Å². The number of hydrogen-bond donors (Lipinski definition) is 2. The van der Waals surface area contributed by atoms with Gasteiger partial charge in [0.25, 0.3) is 5.56 Å². The summed E-state index contributed by atoms with van der Waals surface area (Å²) < 4.78 is 0.656. The Balaban J connectivity index is 1.22. The molecule has 2 aromatic heterocycles. The lowest BCUT2D eigenvalue weighted by Gasteiger charge is -2.32. The molecule has 34 heavy (non-hydrogen) atoms. The van der Waals surface area contributed by atoms with Crippen LogP contribution in [-0.2, 0) is 4.79 Å². The van der Waals surface area contributed by atoms with Gasteiger partial charge in [0.1, 0.15) is 4.70 Å². The van der Waals surface area contributed by atoms with E-state index in [1.807, 2.05) is 11.4 Å². The van der Waals surface area contributed by atoms with E-state index in [-0.39, 0.29) is 17.4 Å². The number of H-pyrrole nitrogens is 1. The maximum Gasteiger partial charge on any atom is 0.270 e. The van der Waals surface area contributed by atoms with Crippen LogP contribution in [0.1, 0.15) is 37.7 Å². The summed E-state index contributed by atoms with van der Waals surface area (Å²) in [5.41, 5.74) is 3.92. The highest BCUT2D eigenvalue weighted by Gasteiger charge is 2.26. The van der Waals surface area contributed by atoms with Gasteiger partial charge in [0.2, 0.25) is 11.9 Å². The minimum atomic E-state index is -0.0958. The van der Waals surface area contributed by atoms with Gasteiger partial charge in [-0.3, -0.25) is 14.6 Å². The number of fused-ring (bicyclic) bond motifs is 1. The van der Waals surface area contributed by atoms with Gasteiger partial charge in [0.15, 0.2) is 0 Å². The first-order chi connectivity index (χ1) is 16.6. The van der Waals surface area contributed by atoms with Gasteiger partial charge in [-0.15, -0.1) is 11.3 Å². The average molecular weight is 480 g/mol. The molecule has 7 nitrogen and oxygen atoms in total. The Bertz CT molecular complexity index is 1210. The van der Waals surface area contributed by atoms with Gasteiger partial charge in [-0.25, -0.2) is 4.98 Å². The van der Waals surface area contributed by atoms with E-state index in [9.17, 15) is 9.59 Å². The van der Waals surface area contributed by atoms with Crippen molar-refractivity contribution in [2.75, 3.05) is 44.2 Å². The first kappa shape index (κ1) is 23.1. The summed E-state index contributed by atoms with van der Waals surface area (Å²) >= 11 is 1.44. The van der Waals surface area contributed by atoms with Crippen molar-refractivity contribution >= 4 is 33.4 Å². The molecule has 2 aliphatic heterocycles. The van der Waals surface area contributed by atoms with Gasteiger partial charge < -0.3 is 15.1 Å². The van der Waals surface area contributed by atoms with Gasteiger partial charge >= 0.3 is 0 Å². The number of anilines is 1. The van der Waals surface area contributed by atoms with Crippen LogP contribution in [0.25, 0.3) is 21.3 Å². The van der Waals surface area contributed by atoms with Crippen LogP contribution in [0.3, 0.4) is 0 Å². The summed E-state index contributed by atoms with van der Waals surface area (Å²) in [6, 6.07) is 8.29. The standard InChI is InChI=1S/C26H33N5O2S/c1-18-6-5-7-20(16-18)21-17-34-23-22(21)28-26(29-25(23)33)31-13-8-19(9-14-31)24(32)27-10-15-30-11-3-2-4-12-30/h5-7,16-17,19H,2-4,8-15H2,1H3,(H,27,32)(H,28,29,33). The summed E-state index contributed by atoms with van der Waals surface area (Å²) in [6.45, 7) is 7.46. The van der Waals surface area contributed by atoms with Crippen molar-refractivity contribution in [2.24, 2.45) is 5.92 Å². The van der Waals surface area contributed by atoms with Gasteiger partial charge in [-0.05, 0) is 51.3 Å². The molecule has 0 spiro atoms. The molecule has 0 unspecified atom stereocenters. The fourth-order valence-corrected chi connectivity index (χ4v) is 6.01. The number of piperidine rings is 2. The number of aromatic nitrogens is 2. The third-order valence-corrected chi connectivity index (χ3v) is 8.05. The number of carbonyl (C=O) groups is 1. The highest BCUT2D eigenvalue weighted by atomic mass is 32.1. The van der Waals surface area contributed by atoms with E-state index in [1.165, 1.54) is 36.2 Å². The maximum atomic E-state index is 12.8. The molecule has 0 atom stereocenters. The van der Waals surface area contributed by atoms with E-state index in [4.69, 9.17) is 4.98 Å². The quantitative estimate of drug-likeness (QED) is 0.562. The molecule has 180 valence electrons. The van der Waals surface area contributed by atoms with Crippen molar-refractivity contribution < 1.29 is 4.79 Å². The molecule has 4 heterocycles. The van der Waals surface area contributed by atoms with Gasteiger partial charge in [-0.2, -0.15) is 0 Å². The number of aryl methyl sites for hydroxylation is 1. The van der Waals surface area contributed by atoms with Crippen molar-refractivity contribution in [1.29, 1.82) is 0 Å². The highest BCUT2D eigenvalue weighted by Crippen LogP contribution is 2.32. The topological polar surface area (TPSA) is 81.3 Å². The summed E-state index contributed by atoms with van der Waals surface area (Å²) in [7, 11) is 0. The monoisotopic (exact) mass is 479 g/mol. The smallest absolute Gasteiger partial charge is 0.270 e. The van der Waals surface area contributed by atoms with E-state index < -0.39 is 0 Å².